The van der Waals surface area contributed by atoms with Crippen LogP contribution >= 0.6 is 0 Å². The van der Waals surface area contributed by atoms with Crippen LogP contribution in [0.3, 0.4) is 0 Å². The van der Waals surface area contributed by atoms with Crippen LogP contribution < -0.4 is 24.8 Å². The molecule has 0 saturated carbocycles. The third kappa shape index (κ3) is 4.25. The van der Waals surface area contributed by atoms with Gasteiger partial charge in [-0.05, 0) is 17.5 Å². The summed E-state index contributed by atoms with van der Waals surface area (Å²) in [6.07, 6.45) is 0.741. The minimum absolute atomic E-state index is 0.152. The van der Waals surface area contributed by atoms with Crippen LogP contribution in [0.2, 0.25) is 0 Å². The minimum atomic E-state index is -0.337. The molecule has 2 N–H and O–H groups in total. The van der Waals surface area contributed by atoms with Crippen molar-refractivity contribution in [3.05, 3.63) is 47.5 Å². The number of hydrogen-bond acceptors (Lipinski definition) is 5. The van der Waals surface area contributed by atoms with Crippen molar-refractivity contribution < 1.29 is 23.7 Å². The Morgan fingerprint density at radius 3 is 2.48 bits per heavy atom. The van der Waals surface area contributed by atoms with E-state index in [-0.39, 0.29) is 12.1 Å². The highest BCUT2D eigenvalue weighted by molar-refractivity contribution is 5.90. The van der Waals surface area contributed by atoms with Gasteiger partial charge in [0.15, 0.2) is 11.5 Å². The number of methoxy groups -OCH3 is 3. The van der Waals surface area contributed by atoms with E-state index in [0.29, 0.717) is 36.1 Å². The fourth-order valence-corrected chi connectivity index (χ4v) is 3.16. The summed E-state index contributed by atoms with van der Waals surface area (Å²) in [5, 5.41) is 5.64. The Hall–Kier alpha value is -2.93. The van der Waals surface area contributed by atoms with Crippen molar-refractivity contribution in [2.24, 2.45) is 0 Å². The van der Waals surface area contributed by atoms with Crippen LogP contribution in [0.1, 0.15) is 17.2 Å². The van der Waals surface area contributed by atoms with E-state index in [2.05, 4.69) is 16.7 Å². The van der Waals surface area contributed by atoms with Gasteiger partial charge in [0.05, 0.1) is 33.6 Å². The van der Waals surface area contributed by atoms with E-state index >= 15 is 0 Å². The number of hydrogen-bond donors (Lipinski definition) is 2. The first-order valence-corrected chi connectivity index (χ1v) is 8.70. The lowest BCUT2D eigenvalue weighted by Gasteiger charge is -2.26. The van der Waals surface area contributed by atoms with Crippen LogP contribution in [0.4, 0.5) is 10.5 Å². The van der Waals surface area contributed by atoms with Crippen LogP contribution in [-0.4, -0.2) is 40.5 Å². The molecule has 27 heavy (non-hydrogen) atoms. The molecule has 2 amide bonds. The van der Waals surface area contributed by atoms with E-state index in [4.69, 9.17) is 18.9 Å². The summed E-state index contributed by atoms with van der Waals surface area (Å²) in [4.78, 5) is 12.3. The molecule has 0 radical (unpaired) electrons. The molecular formula is C20H24N2O5. The first-order valence-electron chi connectivity index (χ1n) is 8.70. The highest BCUT2D eigenvalue weighted by Gasteiger charge is 2.21. The van der Waals surface area contributed by atoms with Gasteiger partial charge in [-0.25, -0.2) is 4.79 Å². The fraction of sp³-hybridized carbons (Fsp3) is 0.350. The van der Waals surface area contributed by atoms with Crippen molar-refractivity contribution in [2.75, 3.05) is 39.8 Å². The van der Waals surface area contributed by atoms with Crippen molar-refractivity contribution in [2.45, 2.75) is 12.5 Å². The van der Waals surface area contributed by atoms with Crippen LogP contribution in [0.5, 0.6) is 17.2 Å². The lowest BCUT2D eigenvalue weighted by Crippen LogP contribution is -2.34. The SMILES string of the molecule is COc1cc(NC(=O)NC[C@@H]2OCCc3ccccc32)cc(OC)c1OC. The summed E-state index contributed by atoms with van der Waals surface area (Å²) in [7, 11) is 4.58. The minimum Gasteiger partial charge on any atom is -0.493 e. The standard InChI is InChI=1S/C20H24N2O5/c1-24-16-10-14(11-17(25-2)19(16)26-3)22-20(23)21-12-18-15-7-5-4-6-13(15)8-9-27-18/h4-7,10-11,18H,8-9,12H2,1-3H3,(H2,21,22,23)/t18-/m0/s1. The summed E-state index contributed by atoms with van der Waals surface area (Å²) in [6, 6.07) is 11.2. The molecule has 0 aromatic heterocycles. The molecule has 0 saturated heterocycles. The van der Waals surface area contributed by atoms with E-state index in [1.165, 1.54) is 26.9 Å². The maximum atomic E-state index is 12.3. The third-order valence-corrected chi connectivity index (χ3v) is 4.46. The molecule has 2 aromatic rings. The van der Waals surface area contributed by atoms with E-state index in [1.54, 1.807) is 12.1 Å². The number of benzene rings is 2. The molecule has 2 aromatic carbocycles. The van der Waals surface area contributed by atoms with Crippen molar-refractivity contribution >= 4 is 11.7 Å². The molecule has 7 heteroatoms. The fourth-order valence-electron chi connectivity index (χ4n) is 3.16. The Bertz CT molecular complexity index is 784. The number of carbonyl (C=O) groups is 1. The lowest BCUT2D eigenvalue weighted by molar-refractivity contribution is 0.0444. The zero-order valence-corrected chi connectivity index (χ0v) is 15.7. The van der Waals surface area contributed by atoms with Gasteiger partial charge in [0, 0.05) is 18.7 Å². The number of rotatable bonds is 6. The molecule has 0 fully saturated rings. The molecule has 0 unspecified atom stereocenters. The topological polar surface area (TPSA) is 78.1 Å². The first kappa shape index (κ1) is 18.8. The monoisotopic (exact) mass is 372 g/mol. The number of amides is 2. The molecule has 1 heterocycles. The predicted octanol–water partition coefficient (Wildman–Crippen LogP) is 3.15. The van der Waals surface area contributed by atoms with Gasteiger partial charge in [-0.1, -0.05) is 24.3 Å². The maximum absolute atomic E-state index is 12.3. The molecule has 0 bridgehead atoms. The van der Waals surface area contributed by atoms with Crippen LogP contribution in [0.25, 0.3) is 0 Å². The van der Waals surface area contributed by atoms with E-state index in [9.17, 15) is 4.79 Å². The quantitative estimate of drug-likeness (QED) is 0.814. The van der Waals surface area contributed by atoms with Gasteiger partial charge < -0.3 is 29.6 Å². The van der Waals surface area contributed by atoms with Gasteiger partial charge >= 0.3 is 6.03 Å². The molecule has 0 spiro atoms. The molecule has 7 nitrogen and oxygen atoms in total. The van der Waals surface area contributed by atoms with Crippen molar-refractivity contribution in [1.29, 1.82) is 0 Å². The second-order valence-electron chi connectivity index (χ2n) is 6.06. The van der Waals surface area contributed by atoms with Crippen molar-refractivity contribution in [3.8, 4) is 17.2 Å². The Morgan fingerprint density at radius 2 is 1.81 bits per heavy atom. The first-order chi connectivity index (χ1) is 13.2. The zero-order chi connectivity index (χ0) is 19.2. The Labute approximate surface area is 158 Å². The predicted molar refractivity (Wildman–Crippen MR) is 102 cm³/mol. The van der Waals surface area contributed by atoms with Gasteiger partial charge in [0.1, 0.15) is 6.10 Å². The summed E-state index contributed by atoms with van der Waals surface area (Å²) in [6.45, 7) is 1.03. The summed E-state index contributed by atoms with van der Waals surface area (Å²) >= 11 is 0. The average Bonchev–Trinajstić information content (AvgIpc) is 2.71. The van der Waals surface area contributed by atoms with Gasteiger partial charge in [0.2, 0.25) is 5.75 Å². The van der Waals surface area contributed by atoms with E-state index < -0.39 is 0 Å². The smallest absolute Gasteiger partial charge is 0.319 e. The number of carbonyl (C=O) groups excluding carboxylic acids is 1. The van der Waals surface area contributed by atoms with Crippen molar-refractivity contribution in [1.82, 2.24) is 5.32 Å². The lowest BCUT2D eigenvalue weighted by atomic mass is 9.98. The Balaban J connectivity index is 1.65. The molecule has 0 aliphatic carbocycles. The van der Waals surface area contributed by atoms with Crippen LogP contribution in [0.15, 0.2) is 36.4 Å². The molecule has 1 aliphatic rings. The highest BCUT2D eigenvalue weighted by Crippen LogP contribution is 2.39. The number of anilines is 1. The molecule has 1 aliphatic heterocycles. The second kappa shape index (κ2) is 8.64. The number of nitrogens with one attached hydrogen (secondary N) is 2. The maximum Gasteiger partial charge on any atom is 0.319 e. The Kier molecular flexibility index (Phi) is 6.03. The van der Waals surface area contributed by atoms with Gasteiger partial charge in [-0.15, -0.1) is 0 Å². The third-order valence-electron chi connectivity index (χ3n) is 4.46. The van der Waals surface area contributed by atoms with E-state index in [1.807, 2.05) is 18.2 Å². The van der Waals surface area contributed by atoms with Gasteiger partial charge in [0.25, 0.3) is 0 Å². The number of urea groups is 1. The van der Waals surface area contributed by atoms with Crippen LogP contribution in [-0.2, 0) is 11.2 Å². The molecule has 1 atom stereocenters. The summed E-state index contributed by atoms with van der Waals surface area (Å²) in [5.74, 6) is 1.41. The number of ether oxygens (including phenoxy) is 4. The van der Waals surface area contributed by atoms with E-state index in [0.717, 1.165) is 12.0 Å². The number of fused-ring (bicyclic) bond motifs is 1. The average molecular weight is 372 g/mol. The van der Waals surface area contributed by atoms with Gasteiger partial charge in [-0.2, -0.15) is 0 Å². The molecule has 144 valence electrons. The summed E-state index contributed by atoms with van der Waals surface area (Å²) < 4.78 is 21.7. The van der Waals surface area contributed by atoms with Crippen molar-refractivity contribution in [3.63, 3.8) is 0 Å². The molecule has 3 rings (SSSR count). The van der Waals surface area contributed by atoms with Gasteiger partial charge in [-0.3, -0.25) is 0 Å². The van der Waals surface area contributed by atoms with Crippen LogP contribution in [0, 0.1) is 0 Å². The second-order valence-corrected chi connectivity index (χ2v) is 6.06. The summed E-state index contributed by atoms with van der Waals surface area (Å²) in [5.41, 5.74) is 2.92. The zero-order valence-electron chi connectivity index (χ0n) is 15.7. The highest BCUT2D eigenvalue weighted by atomic mass is 16.5. The normalized spacial score (nSPS) is 15.4. The molecular weight excluding hydrogens is 348 g/mol. The Morgan fingerprint density at radius 1 is 1.11 bits per heavy atom. The largest absolute Gasteiger partial charge is 0.493 e.